The van der Waals surface area contributed by atoms with Crippen LogP contribution in [0.15, 0.2) is 24.3 Å². The first kappa shape index (κ1) is 16.1. The van der Waals surface area contributed by atoms with Crippen LogP contribution in [0.2, 0.25) is 0 Å². The van der Waals surface area contributed by atoms with Gasteiger partial charge in [-0.2, -0.15) is 0 Å². The van der Waals surface area contributed by atoms with E-state index in [9.17, 15) is 9.59 Å². The number of benzene rings is 1. The quantitative estimate of drug-likeness (QED) is 0.802. The van der Waals surface area contributed by atoms with Gasteiger partial charge in [0, 0.05) is 39.0 Å². The zero-order chi connectivity index (χ0) is 15.1. The molecule has 0 bridgehead atoms. The van der Waals surface area contributed by atoms with Gasteiger partial charge >= 0.3 is 0 Å². The molecule has 0 saturated carbocycles. The summed E-state index contributed by atoms with van der Waals surface area (Å²) in [7, 11) is 4.87. The number of rotatable bonds is 6. The zero-order valence-electron chi connectivity index (χ0n) is 12.1. The molecule has 0 heterocycles. The van der Waals surface area contributed by atoms with Gasteiger partial charge < -0.3 is 20.7 Å². The molecule has 0 radical (unpaired) electrons. The Labute approximate surface area is 118 Å². The van der Waals surface area contributed by atoms with E-state index in [4.69, 9.17) is 10.5 Å². The Morgan fingerprint density at radius 1 is 1.40 bits per heavy atom. The van der Waals surface area contributed by atoms with Gasteiger partial charge in [0.1, 0.15) is 0 Å². The van der Waals surface area contributed by atoms with E-state index in [1.54, 1.807) is 38.4 Å². The van der Waals surface area contributed by atoms with Crippen LogP contribution in [-0.4, -0.2) is 50.6 Å². The summed E-state index contributed by atoms with van der Waals surface area (Å²) in [6, 6.07) is 6.80. The summed E-state index contributed by atoms with van der Waals surface area (Å²) >= 11 is 0. The molecule has 1 aromatic carbocycles. The van der Waals surface area contributed by atoms with Gasteiger partial charge in [-0.15, -0.1) is 0 Å². The van der Waals surface area contributed by atoms with Crippen LogP contribution in [0.4, 0.5) is 5.69 Å². The van der Waals surface area contributed by atoms with Gasteiger partial charge in [0.2, 0.25) is 5.91 Å². The second-order valence-electron chi connectivity index (χ2n) is 4.63. The van der Waals surface area contributed by atoms with E-state index in [1.807, 2.05) is 0 Å². The predicted octanol–water partition coefficient (Wildman–Crippen LogP) is 0.691. The van der Waals surface area contributed by atoms with Crippen molar-refractivity contribution < 1.29 is 14.3 Å². The summed E-state index contributed by atoms with van der Waals surface area (Å²) in [5.41, 5.74) is 6.57. The highest BCUT2D eigenvalue weighted by atomic mass is 16.5. The summed E-state index contributed by atoms with van der Waals surface area (Å²) in [5.74, 6) is -0.311. The number of nitrogens with two attached hydrogens (primary N) is 1. The van der Waals surface area contributed by atoms with Gasteiger partial charge in [-0.25, -0.2) is 0 Å². The van der Waals surface area contributed by atoms with E-state index in [2.05, 4.69) is 5.32 Å². The van der Waals surface area contributed by atoms with Crippen LogP contribution < -0.4 is 11.1 Å². The van der Waals surface area contributed by atoms with E-state index < -0.39 is 0 Å². The predicted molar refractivity (Wildman–Crippen MR) is 77.6 cm³/mol. The Morgan fingerprint density at radius 2 is 2.10 bits per heavy atom. The Balaban J connectivity index is 2.71. The number of amides is 2. The Bertz CT molecular complexity index is 470. The molecule has 0 spiro atoms. The maximum absolute atomic E-state index is 11.8. The lowest BCUT2D eigenvalue weighted by Gasteiger charge is -2.14. The largest absolute Gasteiger partial charge is 0.380 e. The SMILES string of the molecule is COC(CN)CC(=O)Nc1cccc(C(=O)N(C)C)c1. The molecule has 1 rings (SSSR count). The summed E-state index contributed by atoms with van der Waals surface area (Å²) in [4.78, 5) is 25.1. The Hall–Kier alpha value is -1.92. The van der Waals surface area contributed by atoms with Crippen LogP contribution in [-0.2, 0) is 9.53 Å². The normalized spacial score (nSPS) is 11.8. The van der Waals surface area contributed by atoms with Crippen molar-refractivity contribution in [2.45, 2.75) is 12.5 Å². The lowest BCUT2D eigenvalue weighted by molar-refractivity contribution is -0.118. The van der Waals surface area contributed by atoms with E-state index >= 15 is 0 Å². The third-order valence-corrected chi connectivity index (χ3v) is 2.81. The number of carbonyl (C=O) groups excluding carboxylic acids is 2. The fourth-order valence-electron chi connectivity index (χ4n) is 1.67. The second kappa shape index (κ2) is 7.62. The molecule has 0 aromatic heterocycles. The molecule has 1 atom stereocenters. The Morgan fingerprint density at radius 3 is 2.65 bits per heavy atom. The first-order valence-electron chi connectivity index (χ1n) is 6.32. The number of nitrogens with one attached hydrogen (secondary N) is 1. The minimum Gasteiger partial charge on any atom is -0.380 e. The molecule has 0 aliphatic carbocycles. The maximum Gasteiger partial charge on any atom is 0.253 e. The molecule has 6 heteroatoms. The van der Waals surface area contributed by atoms with Gasteiger partial charge in [-0.1, -0.05) is 6.07 Å². The number of ether oxygens (including phenoxy) is 1. The van der Waals surface area contributed by atoms with E-state index in [1.165, 1.54) is 12.0 Å². The molecule has 3 N–H and O–H groups in total. The van der Waals surface area contributed by atoms with Crippen molar-refractivity contribution in [1.82, 2.24) is 4.90 Å². The molecule has 0 aliphatic rings. The fraction of sp³-hybridized carbons (Fsp3) is 0.429. The molecule has 110 valence electrons. The molecule has 1 aromatic rings. The van der Waals surface area contributed by atoms with Crippen molar-refractivity contribution in [2.24, 2.45) is 5.73 Å². The third kappa shape index (κ3) is 4.64. The van der Waals surface area contributed by atoms with Gasteiger partial charge in [-0.05, 0) is 18.2 Å². The van der Waals surface area contributed by atoms with Crippen LogP contribution in [0.1, 0.15) is 16.8 Å². The lowest BCUT2D eigenvalue weighted by atomic mass is 10.1. The van der Waals surface area contributed by atoms with Gasteiger partial charge in [0.25, 0.3) is 5.91 Å². The average Bonchev–Trinajstić information content (AvgIpc) is 2.44. The lowest BCUT2D eigenvalue weighted by Crippen LogP contribution is -2.28. The van der Waals surface area contributed by atoms with E-state index in [0.717, 1.165) is 0 Å². The number of hydrogen-bond acceptors (Lipinski definition) is 4. The summed E-state index contributed by atoms with van der Waals surface area (Å²) in [6.07, 6.45) is -0.125. The van der Waals surface area contributed by atoms with Crippen LogP contribution in [0.3, 0.4) is 0 Å². The number of nitrogens with zero attached hydrogens (tertiary/aromatic N) is 1. The van der Waals surface area contributed by atoms with Crippen LogP contribution in [0.5, 0.6) is 0 Å². The molecule has 2 amide bonds. The highest BCUT2D eigenvalue weighted by Crippen LogP contribution is 2.12. The van der Waals surface area contributed by atoms with Crippen LogP contribution >= 0.6 is 0 Å². The van der Waals surface area contributed by atoms with Gasteiger partial charge in [0.15, 0.2) is 0 Å². The minimum atomic E-state index is -0.304. The van der Waals surface area contributed by atoms with E-state index in [0.29, 0.717) is 11.3 Å². The minimum absolute atomic E-state index is 0.113. The summed E-state index contributed by atoms with van der Waals surface area (Å²) < 4.78 is 5.05. The van der Waals surface area contributed by atoms with Crippen LogP contribution in [0, 0.1) is 0 Å². The average molecular weight is 279 g/mol. The summed E-state index contributed by atoms with van der Waals surface area (Å²) in [5, 5.41) is 2.73. The highest BCUT2D eigenvalue weighted by molar-refractivity contribution is 5.97. The highest BCUT2D eigenvalue weighted by Gasteiger charge is 2.13. The van der Waals surface area contributed by atoms with Gasteiger partial charge in [0.05, 0.1) is 12.5 Å². The molecular formula is C14H21N3O3. The third-order valence-electron chi connectivity index (χ3n) is 2.81. The van der Waals surface area contributed by atoms with Crippen molar-refractivity contribution in [3.05, 3.63) is 29.8 Å². The molecule has 6 nitrogen and oxygen atoms in total. The first-order chi connectivity index (χ1) is 9.47. The molecule has 0 fully saturated rings. The van der Waals surface area contributed by atoms with Crippen molar-refractivity contribution in [2.75, 3.05) is 33.1 Å². The number of methoxy groups -OCH3 is 1. The van der Waals surface area contributed by atoms with Crippen molar-refractivity contribution in [3.8, 4) is 0 Å². The van der Waals surface area contributed by atoms with Crippen molar-refractivity contribution in [1.29, 1.82) is 0 Å². The topological polar surface area (TPSA) is 84.7 Å². The number of anilines is 1. The summed E-state index contributed by atoms with van der Waals surface area (Å²) in [6.45, 7) is 0.281. The number of hydrogen-bond donors (Lipinski definition) is 2. The zero-order valence-corrected chi connectivity index (χ0v) is 12.1. The monoisotopic (exact) mass is 279 g/mol. The number of carbonyl (C=O) groups is 2. The van der Waals surface area contributed by atoms with Crippen molar-refractivity contribution >= 4 is 17.5 Å². The Kier molecular flexibility index (Phi) is 6.14. The molecule has 20 heavy (non-hydrogen) atoms. The standard InChI is InChI=1S/C14H21N3O3/c1-17(2)14(19)10-5-4-6-11(7-10)16-13(18)8-12(9-15)20-3/h4-7,12H,8-9,15H2,1-3H3,(H,16,18). The van der Waals surface area contributed by atoms with Crippen molar-refractivity contribution in [3.63, 3.8) is 0 Å². The first-order valence-corrected chi connectivity index (χ1v) is 6.32. The van der Waals surface area contributed by atoms with E-state index in [-0.39, 0.29) is 30.9 Å². The smallest absolute Gasteiger partial charge is 0.253 e. The molecule has 0 saturated heterocycles. The second-order valence-corrected chi connectivity index (χ2v) is 4.63. The fourth-order valence-corrected chi connectivity index (χ4v) is 1.67. The van der Waals surface area contributed by atoms with Crippen LogP contribution in [0.25, 0.3) is 0 Å². The molecule has 1 unspecified atom stereocenters. The molecule has 0 aliphatic heterocycles. The maximum atomic E-state index is 11.8. The van der Waals surface area contributed by atoms with Gasteiger partial charge in [-0.3, -0.25) is 9.59 Å². The molecular weight excluding hydrogens is 258 g/mol.